The lowest BCUT2D eigenvalue weighted by Gasteiger charge is -2.65. The Kier molecular flexibility index (Phi) is 6.51. The van der Waals surface area contributed by atoms with Crippen LogP contribution in [0.3, 0.4) is 0 Å². The van der Waals surface area contributed by atoms with Gasteiger partial charge in [0.25, 0.3) is 0 Å². The number of carbonyl (C=O) groups is 3. The SMILES string of the molecule is COC(=O)CC1C2(C)C3=C(C)C(C4=CCOC4=O)CC3OC2C2OCC3(C)C(O)CC(OC(=O)c4ccccc4)C1(C)C23. The van der Waals surface area contributed by atoms with Gasteiger partial charge in [-0.25, -0.2) is 9.59 Å². The number of carbonyl (C=O) groups excluding carboxylic acids is 3. The zero-order chi connectivity index (χ0) is 30.5. The maximum absolute atomic E-state index is 13.5. The lowest BCUT2D eigenvalue weighted by Crippen LogP contribution is -2.70. The zero-order valence-electron chi connectivity index (χ0n) is 25.3. The first kappa shape index (κ1) is 28.7. The van der Waals surface area contributed by atoms with Crippen molar-refractivity contribution in [1.82, 2.24) is 0 Å². The van der Waals surface area contributed by atoms with Crippen molar-refractivity contribution in [1.29, 1.82) is 0 Å². The van der Waals surface area contributed by atoms with Crippen molar-refractivity contribution in [2.75, 3.05) is 20.3 Å². The van der Waals surface area contributed by atoms with Crippen LogP contribution in [0.1, 0.15) is 57.3 Å². The molecule has 0 aromatic heterocycles. The first-order valence-electron chi connectivity index (χ1n) is 15.3. The summed E-state index contributed by atoms with van der Waals surface area (Å²) < 4.78 is 30.4. The third-order valence-corrected chi connectivity index (χ3v) is 12.1. The van der Waals surface area contributed by atoms with Crippen LogP contribution in [0.2, 0.25) is 0 Å². The minimum atomic E-state index is -0.784. The van der Waals surface area contributed by atoms with Gasteiger partial charge < -0.3 is 28.8 Å². The second-order valence-corrected chi connectivity index (χ2v) is 13.9. The number of methoxy groups -OCH3 is 1. The number of rotatable bonds is 5. The molecule has 7 rings (SSSR count). The highest BCUT2D eigenvalue weighted by molar-refractivity contribution is 5.92. The Morgan fingerprint density at radius 1 is 1.12 bits per heavy atom. The van der Waals surface area contributed by atoms with Crippen molar-refractivity contribution < 1.29 is 43.2 Å². The van der Waals surface area contributed by atoms with Crippen molar-refractivity contribution in [3.63, 3.8) is 0 Å². The summed E-state index contributed by atoms with van der Waals surface area (Å²) in [6.45, 7) is 8.97. The van der Waals surface area contributed by atoms with Gasteiger partial charge in [-0.05, 0) is 43.0 Å². The fourth-order valence-electron chi connectivity index (χ4n) is 10.2. The predicted octanol–water partition coefficient (Wildman–Crippen LogP) is 3.79. The molecule has 1 aromatic rings. The Morgan fingerprint density at radius 3 is 2.53 bits per heavy atom. The molecule has 4 fully saturated rings. The number of hydrogen-bond acceptors (Lipinski definition) is 9. The van der Waals surface area contributed by atoms with E-state index in [4.69, 9.17) is 23.7 Å². The molecule has 6 aliphatic rings. The van der Waals surface area contributed by atoms with Crippen LogP contribution >= 0.6 is 0 Å². The van der Waals surface area contributed by atoms with Gasteiger partial charge in [0, 0.05) is 46.5 Å². The van der Waals surface area contributed by atoms with Crippen LogP contribution in [0.5, 0.6) is 0 Å². The van der Waals surface area contributed by atoms with E-state index >= 15 is 0 Å². The van der Waals surface area contributed by atoms with Crippen LogP contribution in [-0.2, 0) is 33.3 Å². The highest BCUT2D eigenvalue weighted by Gasteiger charge is 2.78. The van der Waals surface area contributed by atoms with Gasteiger partial charge in [-0.15, -0.1) is 0 Å². The van der Waals surface area contributed by atoms with Crippen molar-refractivity contribution in [2.24, 2.45) is 34.0 Å². The fourth-order valence-corrected chi connectivity index (χ4v) is 10.2. The Morgan fingerprint density at radius 2 is 1.86 bits per heavy atom. The maximum atomic E-state index is 13.5. The molecule has 0 bridgehead atoms. The van der Waals surface area contributed by atoms with Crippen LogP contribution in [-0.4, -0.2) is 73.9 Å². The molecular formula is C34H40O9. The molecule has 2 saturated carbocycles. The number of esters is 3. The molecule has 0 radical (unpaired) electrons. The number of cyclic esters (lactones) is 1. The van der Waals surface area contributed by atoms with Crippen LogP contribution in [0, 0.1) is 34.0 Å². The van der Waals surface area contributed by atoms with Gasteiger partial charge in [0.05, 0.1) is 43.7 Å². The molecule has 1 aromatic carbocycles. The molecule has 9 nitrogen and oxygen atoms in total. The van der Waals surface area contributed by atoms with Gasteiger partial charge in [0.1, 0.15) is 12.7 Å². The van der Waals surface area contributed by atoms with Crippen molar-refractivity contribution >= 4 is 17.9 Å². The molecule has 11 unspecified atom stereocenters. The van der Waals surface area contributed by atoms with Crippen LogP contribution in [0.25, 0.3) is 0 Å². The lowest BCUT2D eigenvalue weighted by molar-refractivity contribution is -0.242. The fraction of sp³-hybridized carbons (Fsp3) is 0.618. The number of aliphatic hydroxyl groups is 1. The molecule has 9 heteroatoms. The predicted molar refractivity (Wildman–Crippen MR) is 152 cm³/mol. The summed E-state index contributed by atoms with van der Waals surface area (Å²) in [7, 11) is 1.39. The van der Waals surface area contributed by atoms with Crippen LogP contribution in [0.4, 0.5) is 0 Å². The summed E-state index contributed by atoms with van der Waals surface area (Å²) in [5.41, 5.74) is 1.13. The Labute approximate surface area is 251 Å². The Bertz CT molecular complexity index is 1430. The van der Waals surface area contributed by atoms with E-state index in [-0.39, 0.29) is 61.3 Å². The zero-order valence-corrected chi connectivity index (χ0v) is 25.3. The summed E-state index contributed by atoms with van der Waals surface area (Å²) in [5.74, 6) is -1.88. The molecule has 0 amide bonds. The molecule has 11 atom stereocenters. The molecule has 230 valence electrons. The lowest BCUT2D eigenvalue weighted by atomic mass is 9.40. The van der Waals surface area contributed by atoms with E-state index in [2.05, 4.69) is 20.8 Å². The van der Waals surface area contributed by atoms with Crippen molar-refractivity contribution in [3.05, 3.63) is 58.7 Å². The van der Waals surface area contributed by atoms with E-state index in [0.717, 1.165) is 11.1 Å². The number of allylic oxidation sites excluding steroid dienone is 1. The smallest absolute Gasteiger partial charge is 0.338 e. The maximum Gasteiger partial charge on any atom is 0.338 e. The average molecular weight is 593 g/mol. The largest absolute Gasteiger partial charge is 0.469 e. The molecule has 1 N–H and O–H groups in total. The van der Waals surface area contributed by atoms with Crippen LogP contribution < -0.4 is 0 Å². The topological polar surface area (TPSA) is 118 Å². The van der Waals surface area contributed by atoms with E-state index in [1.165, 1.54) is 7.11 Å². The number of hydrogen-bond donors (Lipinski definition) is 1. The minimum Gasteiger partial charge on any atom is -0.469 e. The number of fused-ring (bicyclic) bond motifs is 4. The van der Waals surface area contributed by atoms with Gasteiger partial charge in [0.15, 0.2) is 0 Å². The third kappa shape index (κ3) is 3.77. The van der Waals surface area contributed by atoms with E-state index in [0.29, 0.717) is 24.2 Å². The second kappa shape index (κ2) is 9.74. The molecule has 3 heterocycles. The highest BCUT2D eigenvalue weighted by Crippen LogP contribution is 2.73. The molecule has 3 aliphatic carbocycles. The van der Waals surface area contributed by atoms with E-state index in [9.17, 15) is 19.5 Å². The normalized spacial score (nSPS) is 44.3. The Hall–Kier alpha value is -3.01. The highest BCUT2D eigenvalue weighted by atomic mass is 16.6. The van der Waals surface area contributed by atoms with Gasteiger partial charge in [-0.2, -0.15) is 0 Å². The summed E-state index contributed by atoms with van der Waals surface area (Å²) in [4.78, 5) is 39.4. The quantitative estimate of drug-likeness (QED) is 0.310. The monoisotopic (exact) mass is 592 g/mol. The number of benzene rings is 1. The van der Waals surface area contributed by atoms with Crippen molar-refractivity contribution in [2.45, 2.75) is 77.5 Å². The van der Waals surface area contributed by atoms with Crippen LogP contribution in [0.15, 0.2) is 53.1 Å². The molecule has 43 heavy (non-hydrogen) atoms. The summed E-state index contributed by atoms with van der Waals surface area (Å²) in [6.07, 6.45) is 0.254. The average Bonchev–Trinajstić information content (AvgIpc) is 3.73. The van der Waals surface area contributed by atoms with Gasteiger partial charge in [-0.1, -0.05) is 44.5 Å². The van der Waals surface area contributed by atoms with Gasteiger partial charge >= 0.3 is 17.9 Å². The number of ether oxygens (including phenoxy) is 5. The first-order chi connectivity index (χ1) is 20.5. The molecular weight excluding hydrogens is 552 g/mol. The standard InChI is InChI=1S/C34H40O9/c1-17-20(19-11-12-40-31(19)38)13-21-26(17)34(4)22(14-25(36)39-5)33(3)24(43-30(37)18-9-7-6-8-10-18)15-23(35)32(2)16-41-27(28(32)33)29(34)42-21/h6-11,20-24,27-29,35H,12-16H2,1-5H3. The van der Waals surface area contributed by atoms with Gasteiger partial charge in [0.2, 0.25) is 0 Å². The Balaban J connectivity index is 1.38. The second-order valence-electron chi connectivity index (χ2n) is 13.9. The van der Waals surface area contributed by atoms with Crippen molar-refractivity contribution in [3.8, 4) is 0 Å². The van der Waals surface area contributed by atoms with Gasteiger partial charge in [-0.3, -0.25) is 4.79 Å². The first-order valence-corrected chi connectivity index (χ1v) is 15.3. The molecule has 0 spiro atoms. The summed E-state index contributed by atoms with van der Waals surface area (Å²) in [5, 5.41) is 11.6. The van der Waals surface area contributed by atoms with E-state index in [1.54, 1.807) is 24.3 Å². The minimum absolute atomic E-state index is 0.0804. The molecule has 3 aliphatic heterocycles. The van der Waals surface area contributed by atoms with E-state index < -0.39 is 40.5 Å². The third-order valence-electron chi connectivity index (χ3n) is 12.1. The van der Waals surface area contributed by atoms with E-state index in [1.807, 2.05) is 19.1 Å². The summed E-state index contributed by atoms with van der Waals surface area (Å²) >= 11 is 0. The number of aliphatic hydroxyl groups excluding tert-OH is 1. The summed E-state index contributed by atoms with van der Waals surface area (Å²) in [6, 6.07) is 8.84. The molecule has 2 saturated heterocycles.